The van der Waals surface area contributed by atoms with Crippen LogP contribution >= 0.6 is 0 Å². The maximum absolute atomic E-state index is 12.3. The van der Waals surface area contributed by atoms with Crippen molar-refractivity contribution < 1.29 is 14.3 Å². The molecule has 0 saturated carbocycles. The SMILES string of the molecule is C=C1C=CC2=C(C1OCC1CO1)C(c1ccn[nH]1)C(=O)N2. The molecular formula is C15H15N3O3. The van der Waals surface area contributed by atoms with Crippen molar-refractivity contribution in [3.63, 3.8) is 0 Å². The third kappa shape index (κ3) is 2.12. The zero-order chi connectivity index (χ0) is 14.4. The Hall–Kier alpha value is -2.18. The minimum absolute atomic E-state index is 0.0696. The van der Waals surface area contributed by atoms with Gasteiger partial charge in [-0.1, -0.05) is 12.7 Å². The van der Waals surface area contributed by atoms with E-state index in [-0.39, 0.29) is 18.1 Å². The van der Waals surface area contributed by atoms with Crippen molar-refractivity contribution in [2.45, 2.75) is 18.1 Å². The van der Waals surface area contributed by atoms with Crippen LogP contribution in [0, 0.1) is 0 Å². The maximum atomic E-state index is 12.3. The second-order valence-corrected chi connectivity index (χ2v) is 5.38. The summed E-state index contributed by atoms with van der Waals surface area (Å²) in [6.45, 7) is 5.29. The van der Waals surface area contributed by atoms with Crippen molar-refractivity contribution in [2.24, 2.45) is 0 Å². The van der Waals surface area contributed by atoms with E-state index in [1.54, 1.807) is 6.20 Å². The van der Waals surface area contributed by atoms with Gasteiger partial charge in [0.05, 0.1) is 18.9 Å². The van der Waals surface area contributed by atoms with E-state index >= 15 is 0 Å². The average Bonchev–Trinajstić information content (AvgIpc) is 3.01. The number of nitrogens with one attached hydrogen (secondary N) is 2. The first-order valence-electron chi connectivity index (χ1n) is 6.88. The summed E-state index contributed by atoms with van der Waals surface area (Å²) in [6, 6.07) is 1.81. The number of ether oxygens (including phenoxy) is 2. The highest BCUT2D eigenvalue weighted by molar-refractivity contribution is 5.93. The molecule has 0 spiro atoms. The second-order valence-electron chi connectivity index (χ2n) is 5.38. The van der Waals surface area contributed by atoms with Gasteiger partial charge >= 0.3 is 0 Å². The molecule has 1 saturated heterocycles. The Morgan fingerprint density at radius 1 is 1.48 bits per heavy atom. The molecule has 3 unspecified atom stereocenters. The largest absolute Gasteiger partial charge is 0.371 e. The molecule has 21 heavy (non-hydrogen) atoms. The Morgan fingerprint density at radius 2 is 2.33 bits per heavy atom. The third-order valence-electron chi connectivity index (χ3n) is 3.91. The van der Waals surface area contributed by atoms with Crippen molar-refractivity contribution in [1.82, 2.24) is 15.5 Å². The number of nitrogens with zero attached hydrogens (tertiary/aromatic N) is 1. The summed E-state index contributed by atoms with van der Waals surface area (Å²) < 4.78 is 11.1. The number of aromatic amines is 1. The normalized spacial score (nSPS) is 30.6. The van der Waals surface area contributed by atoms with Crippen LogP contribution in [0.1, 0.15) is 11.6 Å². The molecular weight excluding hydrogens is 270 g/mol. The molecule has 4 rings (SSSR count). The van der Waals surface area contributed by atoms with Crippen molar-refractivity contribution in [3.05, 3.63) is 53.5 Å². The predicted molar refractivity (Wildman–Crippen MR) is 74.3 cm³/mol. The van der Waals surface area contributed by atoms with Crippen LogP contribution in [0.4, 0.5) is 0 Å². The lowest BCUT2D eigenvalue weighted by Crippen LogP contribution is -2.26. The molecule has 0 bridgehead atoms. The molecule has 6 nitrogen and oxygen atoms in total. The van der Waals surface area contributed by atoms with Gasteiger partial charge in [0, 0.05) is 17.5 Å². The van der Waals surface area contributed by atoms with Gasteiger partial charge in [-0.05, 0) is 17.7 Å². The van der Waals surface area contributed by atoms with E-state index in [0.29, 0.717) is 6.61 Å². The molecule has 3 atom stereocenters. The molecule has 1 aromatic rings. The molecule has 0 radical (unpaired) electrons. The summed E-state index contributed by atoms with van der Waals surface area (Å²) in [6.07, 6.45) is 5.26. The van der Waals surface area contributed by atoms with Crippen molar-refractivity contribution in [3.8, 4) is 0 Å². The number of carbonyl (C=O) groups is 1. The molecule has 6 heteroatoms. The maximum Gasteiger partial charge on any atom is 0.237 e. The Balaban J connectivity index is 1.68. The zero-order valence-corrected chi connectivity index (χ0v) is 11.3. The summed E-state index contributed by atoms with van der Waals surface area (Å²) in [5, 5.41) is 9.72. The first-order valence-corrected chi connectivity index (χ1v) is 6.88. The molecule has 1 aliphatic carbocycles. The Labute approximate surface area is 121 Å². The summed E-state index contributed by atoms with van der Waals surface area (Å²) in [5.41, 5.74) is 3.30. The highest BCUT2D eigenvalue weighted by Crippen LogP contribution is 2.39. The summed E-state index contributed by atoms with van der Waals surface area (Å²) in [4.78, 5) is 12.3. The number of H-pyrrole nitrogens is 1. The quantitative estimate of drug-likeness (QED) is 0.802. The van der Waals surface area contributed by atoms with Crippen molar-refractivity contribution in [2.75, 3.05) is 13.2 Å². The van der Waals surface area contributed by atoms with Gasteiger partial charge in [-0.15, -0.1) is 0 Å². The number of hydrogen-bond donors (Lipinski definition) is 2. The molecule has 3 aliphatic rings. The molecule has 108 valence electrons. The molecule has 0 aromatic carbocycles. The van der Waals surface area contributed by atoms with Gasteiger partial charge in [-0.3, -0.25) is 9.89 Å². The lowest BCUT2D eigenvalue weighted by molar-refractivity contribution is -0.120. The fraction of sp³-hybridized carbons (Fsp3) is 0.333. The number of allylic oxidation sites excluding steroid dienone is 1. The van der Waals surface area contributed by atoms with E-state index in [0.717, 1.165) is 29.1 Å². The highest BCUT2D eigenvalue weighted by atomic mass is 16.6. The van der Waals surface area contributed by atoms with E-state index in [1.807, 2.05) is 18.2 Å². The first-order chi connectivity index (χ1) is 10.2. The minimum atomic E-state index is -0.408. The molecule has 1 aromatic heterocycles. The van der Waals surface area contributed by atoms with Crippen LogP contribution in [0.15, 0.2) is 47.8 Å². The summed E-state index contributed by atoms with van der Waals surface area (Å²) in [5.74, 6) is -0.478. The predicted octanol–water partition coefficient (Wildman–Crippen LogP) is 0.787. The van der Waals surface area contributed by atoms with Gasteiger partial charge in [-0.25, -0.2) is 0 Å². The number of carbonyl (C=O) groups excluding carboxylic acids is 1. The standard InChI is InChI=1S/C15H15N3O3/c1-8-2-3-10-12(14(8)21-7-9-6-20-9)13(15(19)17-10)11-4-5-16-18-11/h2-5,9,13-14H,1,6-7H2,(H,16,18)(H,17,19). The Morgan fingerprint density at radius 3 is 3.05 bits per heavy atom. The van der Waals surface area contributed by atoms with Crippen LogP contribution in [-0.2, 0) is 14.3 Å². The van der Waals surface area contributed by atoms with Gasteiger partial charge in [0.2, 0.25) is 5.91 Å². The van der Waals surface area contributed by atoms with Gasteiger partial charge in [-0.2, -0.15) is 5.10 Å². The zero-order valence-electron chi connectivity index (χ0n) is 11.3. The smallest absolute Gasteiger partial charge is 0.237 e. The lowest BCUT2D eigenvalue weighted by Gasteiger charge is -2.25. The van der Waals surface area contributed by atoms with Gasteiger partial charge in [0.15, 0.2) is 0 Å². The molecule has 2 N–H and O–H groups in total. The Kier molecular flexibility index (Phi) is 2.80. The van der Waals surface area contributed by atoms with Gasteiger partial charge in [0.25, 0.3) is 0 Å². The van der Waals surface area contributed by atoms with E-state index in [4.69, 9.17) is 9.47 Å². The van der Waals surface area contributed by atoms with Gasteiger partial charge in [0.1, 0.15) is 18.1 Å². The Bertz CT molecular complexity index is 656. The molecule has 1 fully saturated rings. The third-order valence-corrected chi connectivity index (χ3v) is 3.91. The number of aromatic nitrogens is 2. The first kappa shape index (κ1) is 12.6. The van der Waals surface area contributed by atoms with Crippen molar-refractivity contribution >= 4 is 5.91 Å². The van der Waals surface area contributed by atoms with Crippen LogP contribution in [-0.4, -0.2) is 41.5 Å². The minimum Gasteiger partial charge on any atom is -0.371 e. The van der Waals surface area contributed by atoms with Crippen LogP contribution in [0.25, 0.3) is 0 Å². The molecule has 2 aliphatic heterocycles. The number of amides is 1. The van der Waals surface area contributed by atoms with E-state index in [1.165, 1.54) is 0 Å². The topological polar surface area (TPSA) is 79.5 Å². The van der Waals surface area contributed by atoms with Gasteiger partial charge < -0.3 is 14.8 Å². The monoisotopic (exact) mass is 285 g/mol. The van der Waals surface area contributed by atoms with Crippen LogP contribution < -0.4 is 5.32 Å². The number of hydrogen-bond acceptors (Lipinski definition) is 4. The van der Waals surface area contributed by atoms with E-state index in [2.05, 4.69) is 22.1 Å². The molecule has 3 heterocycles. The fourth-order valence-corrected chi connectivity index (χ4v) is 2.78. The number of epoxide rings is 1. The number of rotatable bonds is 4. The summed E-state index contributed by atoms with van der Waals surface area (Å²) >= 11 is 0. The molecule has 1 amide bonds. The van der Waals surface area contributed by atoms with Crippen LogP contribution in [0.5, 0.6) is 0 Å². The highest BCUT2D eigenvalue weighted by Gasteiger charge is 2.41. The lowest BCUT2D eigenvalue weighted by atomic mass is 9.86. The average molecular weight is 285 g/mol. The van der Waals surface area contributed by atoms with Crippen molar-refractivity contribution in [1.29, 1.82) is 0 Å². The van der Waals surface area contributed by atoms with Crippen LogP contribution in [0.3, 0.4) is 0 Å². The second kappa shape index (κ2) is 4.68. The van der Waals surface area contributed by atoms with E-state index < -0.39 is 5.92 Å². The van der Waals surface area contributed by atoms with Crippen LogP contribution in [0.2, 0.25) is 0 Å². The summed E-state index contributed by atoms with van der Waals surface area (Å²) in [7, 11) is 0. The van der Waals surface area contributed by atoms with E-state index in [9.17, 15) is 4.79 Å². The fourth-order valence-electron chi connectivity index (χ4n) is 2.78.